The van der Waals surface area contributed by atoms with Crippen LogP contribution >= 0.6 is 0 Å². The molecule has 1 aromatic rings. The Labute approximate surface area is 140 Å². The van der Waals surface area contributed by atoms with Crippen molar-refractivity contribution in [2.75, 3.05) is 18.5 Å². The quantitative estimate of drug-likeness (QED) is 0.867. The highest BCUT2D eigenvalue weighted by Gasteiger charge is 2.20. The molecular formula is C17H26N2O3S. The Bertz CT molecular complexity index is 563. The van der Waals surface area contributed by atoms with E-state index in [1.54, 1.807) is 0 Å². The maximum atomic E-state index is 12.2. The number of hydrogen-bond acceptors (Lipinski definition) is 3. The Morgan fingerprint density at radius 2 is 2.17 bits per heavy atom. The van der Waals surface area contributed by atoms with E-state index in [-0.39, 0.29) is 16.9 Å². The monoisotopic (exact) mass is 338 g/mol. The van der Waals surface area contributed by atoms with Gasteiger partial charge in [-0.2, -0.15) is 0 Å². The number of carbonyl (C=O) groups is 1. The van der Waals surface area contributed by atoms with Crippen molar-refractivity contribution in [2.24, 2.45) is 0 Å². The van der Waals surface area contributed by atoms with Crippen molar-refractivity contribution in [1.29, 1.82) is 0 Å². The van der Waals surface area contributed by atoms with Crippen molar-refractivity contribution in [3.63, 3.8) is 0 Å². The van der Waals surface area contributed by atoms with E-state index in [0.29, 0.717) is 18.0 Å². The zero-order chi connectivity index (χ0) is 16.9. The first-order chi connectivity index (χ1) is 10.8. The summed E-state index contributed by atoms with van der Waals surface area (Å²) in [5, 5.41) is 5.64. The second kappa shape index (κ2) is 7.93. The normalized spacial score (nSPS) is 19.3. The third-order valence-corrected chi connectivity index (χ3v) is 5.64. The highest BCUT2D eigenvalue weighted by molar-refractivity contribution is 7.85. The predicted octanol–water partition coefficient (Wildman–Crippen LogP) is 3.03. The molecule has 1 saturated heterocycles. The van der Waals surface area contributed by atoms with E-state index in [2.05, 4.69) is 10.6 Å². The van der Waals surface area contributed by atoms with Crippen LogP contribution in [0.25, 0.3) is 0 Å². The smallest absolute Gasteiger partial charge is 0.319 e. The van der Waals surface area contributed by atoms with Crippen molar-refractivity contribution < 1.29 is 13.7 Å². The Balaban J connectivity index is 1.86. The Hall–Kier alpha value is -1.40. The molecule has 2 rings (SSSR count). The highest BCUT2D eigenvalue weighted by Crippen LogP contribution is 2.18. The number of ether oxygens (including phenoxy) is 1. The summed E-state index contributed by atoms with van der Waals surface area (Å²) < 4.78 is 17.4. The van der Waals surface area contributed by atoms with Gasteiger partial charge in [0.2, 0.25) is 0 Å². The van der Waals surface area contributed by atoms with Gasteiger partial charge >= 0.3 is 6.03 Å². The van der Waals surface area contributed by atoms with Crippen LogP contribution in [0.2, 0.25) is 0 Å². The SMILES string of the molecule is CC(C)(C)[S@](=O)Cc1cccc(NC(=O)NC[C@H]2CCCO2)c1. The molecule has 1 aliphatic rings. The summed E-state index contributed by atoms with van der Waals surface area (Å²) in [6.45, 7) is 7.19. The van der Waals surface area contributed by atoms with Crippen molar-refractivity contribution in [2.45, 2.75) is 50.2 Å². The molecule has 0 bridgehead atoms. The third-order valence-electron chi connectivity index (χ3n) is 3.68. The van der Waals surface area contributed by atoms with Crippen LogP contribution in [-0.2, 0) is 21.3 Å². The molecule has 1 heterocycles. The molecule has 0 aliphatic carbocycles. The number of amides is 2. The molecule has 0 spiro atoms. The molecule has 1 aromatic carbocycles. The van der Waals surface area contributed by atoms with Crippen LogP contribution in [0.1, 0.15) is 39.2 Å². The summed E-state index contributed by atoms with van der Waals surface area (Å²) in [7, 11) is -0.959. The van der Waals surface area contributed by atoms with Gasteiger partial charge in [0, 0.05) is 40.1 Å². The first-order valence-corrected chi connectivity index (χ1v) is 9.30. The van der Waals surface area contributed by atoms with Gasteiger partial charge in [-0.1, -0.05) is 12.1 Å². The molecule has 2 amide bonds. The van der Waals surface area contributed by atoms with E-state index in [1.165, 1.54) is 0 Å². The molecule has 23 heavy (non-hydrogen) atoms. The summed E-state index contributed by atoms with van der Waals surface area (Å²) in [5.74, 6) is 0.483. The maximum Gasteiger partial charge on any atom is 0.319 e. The molecule has 2 atom stereocenters. The first kappa shape index (κ1) is 17.9. The van der Waals surface area contributed by atoms with E-state index >= 15 is 0 Å². The molecule has 5 nitrogen and oxygen atoms in total. The van der Waals surface area contributed by atoms with Gasteiger partial charge in [-0.25, -0.2) is 4.79 Å². The van der Waals surface area contributed by atoms with E-state index in [0.717, 1.165) is 25.0 Å². The van der Waals surface area contributed by atoms with Gasteiger partial charge in [-0.15, -0.1) is 0 Å². The molecular weight excluding hydrogens is 312 g/mol. The molecule has 1 fully saturated rings. The van der Waals surface area contributed by atoms with Gasteiger partial charge in [0.25, 0.3) is 0 Å². The number of rotatable bonds is 5. The van der Waals surface area contributed by atoms with Gasteiger partial charge in [0.15, 0.2) is 0 Å². The van der Waals surface area contributed by atoms with Crippen LogP contribution in [0.5, 0.6) is 0 Å². The van der Waals surface area contributed by atoms with Gasteiger partial charge < -0.3 is 15.4 Å². The van der Waals surface area contributed by atoms with Gasteiger partial charge in [-0.3, -0.25) is 4.21 Å². The largest absolute Gasteiger partial charge is 0.376 e. The van der Waals surface area contributed by atoms with Crippen LogP contribution < -0.4 is 10.6 Å². The first-order valence-electron chi connectivity index (χ1n) is 7.98. The van der Waals surface area contributed by atoms with E-state index in [4.69, 9.17) is 4.74 Å². The second-order valence-corrected chi connectivity index (χ2v) is 8.98. The fourth-order valence-corrected chi connectivity index (χ4v) is 3.21. The van der Waals surface area contributed by atoms with E-state index in [9.17, 15) is 9.00 Å². The average Bonchev–Trinajstić information content (AvgIpc) is 2.98. The fraction of sp³-hybridized carbons (Fsp3) is 0.588. The summed E-state index contributed by atoms with van der Waals surface area (Å²) >= 11 is 0. The zero-order valence-corrected chi connectivity index (χ0v) is 14.9. The molecule has 0 saturated carbocycles. The lowest BCUT2D eigenvalue weighted by atomic mass is 10.2. The van der Waals surface area contributed by atoms with Crippen LogP contribution in [0.3, 0.4) is 0 Å². The van der Waals surface area contributed by atoms with Crippen molar-refractivity contribution in [3.05, 3.63) is 29.8 Å². The third kappa shape index (κ3) is 5.95. The second-order valence-electron chi connectivity index (χ2n) is 6.77. The van der Waals surface area contributed by atoms with Gasteiger partial charge in [0.05, 0.1) is 6.10 Å². The van der Waals surface area contributed by atoms with Gasteiger partial charge in [0.1, 0.15) is 0 Å². The maximum absolute atomic E-state index is 12.2. The lowest BCUT2D eigenvalue weighted by Gasteiger charge is -2.18. The minimum absolute atomic E-state index is 0.126. The highest BCUT2D eigenvalue weighted by atomic mass is 32.2. The summed E-state index contributed by atoms with van der Waals surface area (Å²) in [6, 6.07) is 7.25. The molecule has 0 radical (unpaired) electrons. The van der Waals surface area contributed by atoms with Crippen LogP contribution in [0.15, 0.2) is 24.3 Å². The number of carbonyl (C=O) groups excluding carboxylic acids is 1. The molecule has 1 aliphatic heterocycles. The summed E-state index contributed by atoms with van der Waals surface area (Å²) in [4.78, 5) is 11.9. The summed E-state index contributed by atoms with van der Waals surface area (Å²) in [6.07, 6.45) is 2.18. The number of urea groups is 1. The average molecular weight is 338 g/mol. The molecule has 0 unspecified atom stereocenters. The number of nitrogens with one attached hydrogen (secondary N) is 2. The van der Waals surface area contributed by atoms with Gasteiger partial charge in [-0.05, 0) is 51.3 Å². The number of benzene rings is 1. The molecule has 0 aromatic heterocycles. The lowest BCUT2D eigenvalue weighted by Crippen LogP contribution is -2.35. The minimum atomic E-state index is -0.959. The standard InChI is InChI=1S/C17H26N2O3S/c1-17(2,3)23(21)12-13-6-4-7-14(10-13)19-16(20)18-11-15-8-5-9-22-15/h4,6-7,10,15H,5,8-9,11-12H2,1-3H3,(H2,18,19,20)/t15-,23-/m1/s1. The van der Waals surface area contributed by atoms with Crippen LogP contribution in [0.4, 0.5) is 10.5 Å². The van der Waals surface area contributed by atoms with E-state index in [1.807, 2.05) is 45.0 Å². The zero-order valence-electron chi connectivity index (χ0n) is 14.1. The lowest BCUT2D eigenvalue weighted by molar-refractivity contribution is 0.112. The Morgan fingerprint density at radius 3 is 2.83 bits per heavy atom. The number of anilines is 1. The summed E-state index contributed by atoms with van der Waals surface area (Å²) in [5.41, 5.74) is 1.66. The van der Waals surface area contributed by atoms with Crippen molar-refractivity contribution >= 4 is 22.5 Å². The topological polar surface area (TPSA) is 67.4 Å². The van der Waals surface area contributed by atoms with Crippen LogP contribution in [0, 0.1) is 0 Å². The van der Waals surface area contributed by atoms with Crippen molar-refractivity contribution in [1.82, 2.24) is 5.32 Å². The van der Waals surface area contributed by atoms with Crippen LogP contribution in [-0.4, -0.2) is 34.2 Å². The number of hydrogen-bond donors (Lipinski definition) is 2. The van der Waals surface area contributed by atoms with E-state index < -0.39 is 10.8 Å². The minimum Gasteiger partial charge on any atom is -0.376 e. The predicted molar refractivity (Wildman–Crippen MR) is 94.0 cm³/mol. The van der Waals surface area contributed by atoms with Crippen molar-refractivity contribution in [3.8, 4) is 0 Å². The molecule has 2 N–H and O–H groups in total. The molecule has 128 valence electrons. The molecule has 6 heteroatoms. The fourth-order valence-electron chi connectivity index (χ4n) is 2.29. The Morgan fingerprint density at radius 1 is 1.39 bits per heavy atom. The Kier molecular flexibility index (Phi) is 6.18.